The summed E-state index contributed by atoms with van der Waals surface area (Å²) in [5.74, 6) is 0. The van der Waals surface area contributed by atoms with Gasteiger partial charge in [-0.2, -0.15) is 0 Å². The van der Waals surface area contributed by atoms with Crippen LogP contribution in [-0.2, 0) is 9.22 Å². The largest absolute Gasteiger partial charge is 0.401 e. The van der Waals surface area contributed by atoms with Gasteiger partial charge in [0.15, 0.2) is 0 Å². The van der Waals surface area contributed by atoms with Crippen molar-refractivity contribution in [2.45, 2.75) is 20.5 Å². The predicted octanol–water partition coefficient (Wildman–Crippen LogP) is 1.31. The first-order valence-corrected chi connectivity index (χ1v) is 5.12. The van der Waals surface area contributed by atoms with E-state index in [1.54, 1.807) is 7.11 Å². The van der Waals surface area contributed by atoms with Gasteiger partial charge < -0.3 is 4.43 Å². The molecule has 0 fully saturated rings. The summed E-state index contributed by atoms with van der Waals surface area (Å²) in [4.78, 5) is 9.64. The van der Waals surface area contributed by atoms with Crippen LogP contribution in [0.5, 0.6) is 0 Å². The average molecular weight is 147 g/mol. The summed E-state index contributed by atoms with van der Waals surface area (Å²) >= 11 is 0. The second-order valence-corrected chi connectivity index (χ2v) is 5.38. The number of rotatable bonds is 2. The molecule has 0 aromatic heterocycles. The molecule has 0 saturated heterocycles. The van der Waals surface area contributed by atoms with Crippen LogP contribution in [0.25, 0.3) is 0 Å². The van der Waals surface area contributed by atoms with Crippen molar-refractivity contribution in [1.29, 1.82) is 0 Å². The standard InChI is InChI=1S/C4H9NO2Si.CH4/c1-7-8(2,3)5-4-6;/h1-3H3;1H4. The molecule has 0 aliphatic carbocycles. The molecule has 0 rings (SSSR count). The Morgan fingerprint density at radius 3 is 2.11 bits per heavy atom. The molecule has 0 aromatic rings. The topological polar surface area (TPSA) is 38.7 Å². The quantitative estimate of drug-likeness (QED) is 0.335. The predicted molar refractivity (Wildman–Crippen MR) is 39.3 cm³/mol. The van der Waals surface area contributed by atoms with E-state index in [0.29, 0.717) is 0 Å². The fourth-order valence-electron chi connectivity index (χ4n) is 0.156. The van der Waals surface area contributed by atoms with Crippen LogP contribution in [0.2, 0.25) is 13.1 Å². The van der Waals surface area contributed by atoms with Crippen molar-refractivity contribution in [2.75, 3.05) is 7.11 Å². The molecule has 0 heterocycles. The molecule has 0 aliphatic rings. The van der Waals surface area contributed by atoms with Crippen LogP contribution < -0.4 is 0 Å². The van der Waals surface area contributed by atoms with Crippen LogP contribution in [0.3, 0.4) is 0 Å². The van der Waals surface area contributed by atoms with Gasteiger partial charge in [-0.05, 0) is 13.1 Å². The molecular formula is C5H13NO2Si. The molecule has 0 aromatic carbocycles. The molecule has 4 heteroatoms. The van der Waals surface area contributed by atoms with Gasteiger partial charge in [-0.15, -0.1) is 0 Å². The van der Waals surface area contributed by atoms with Crippen LogP contribution in [0, 0.1) is 0 Å². The SMILES string of the molecule is C.CO[Si](C)(C)N=C=O. The van der Waals surface area contributed by atoms with Crippen LogP contribution in [0.15, 0.2) is 4.66 Å². The maximum atomic E-state index is 9.64. The molecule has 0 aliphatic heterocycles. The maximum absolute atomic E-state index is 9.64. The van der Waals surface area contributed by atoms with Crippen molar-refractivity contribution in [2.24, 2.45) is 4.66 Å². The molecule has 0 atom stereocenters. The van der Waals surface area contributed by atoms with E-state index in [1.165, 1.54) is 6.08 Å². The van der Waals surface area contributed by atoms with Crippen molar-refractivity contribution in [3.05, 3.63) is 0 Å². The lowest BCUT2D eigenvalue weighted by molar-refractivity contribution is 0.406. The van der Waals surface area contributed by atoms with Crippen LogP contribution in [-0.4, -0.2) is 21.7 Å². The van der Waals surface area contributed by atoms with Crippen molar-refractivity contribution in [3.8, 4) is 0 Å². The van der Waals surface area contributed by atoms with Crippen molar-refractivity contribution in [3.63, 3.8) is 0 Å². The van der Waals surface area contributed by atoms with Gasteiger partial charge >= 0.3 is 8.48 Å². The Morgan fingerprint density at radius 1 is 1.56 bits per heavy atom. The second-order valence-electron chi connectivity index (χ2n) is 1.85. The number of isocyanates is 1. The Kier molecular flexibility index (Phi) is 5.60. The molecule has 0 spiro atoms. The lowest BCUT2D eigenvalue weighted by Crippen LogP contribution is -2.25. The molecule has 54 valence electrons. The highest BCUT2D eigenvalue weighted by molar-refractivity contribution is 6.69. The monoisotopic (exact) mass is 147 g/mol. The smallest absolute Gasteiger partial charge is 0.327 e. The highest BCUT2D eigenvalue weighted by atomic mass is 28.4. The van der Waals surface area contributed by atoms with Gasteiger partial charge in [0.05, 0.1) is 0 Å². The van der Waals surface area contributed by atoms with Gasteiger partial charge in [-0.1, -0.05) is 7.43 Å². The van der Waals surface area contributed by atoms with Crippen molar-refractivity contribution in [1.82, 2.24) is 0 Å². The minimum absolute atomic E-state index is 0. The third-order valence-corrected chi connectivity index (χ3v) is 2.44. The Balaban J connectivity index is 0. The van der Waals surface area contributed by atoms with E-state index in [4.69, 9.17) is 4.43 Å². The van der Waals surface area contributed by atoms with E-state index in [1.807, 2.05) is 13.1 Å². The Hall–Kier alpha value is -0.443. The summed E-state index contributed by atoms with van der Waals surface area (Å²) < 4.78 is 8.37. The lowest BCUT2D eigenvalue weighted by atomic mass is 11.7. The number of hydrogen-bond donors (Lipinski definition) is 0. The summed E-state index contributed by atoms with van der Waals surface area (Å²) in [6.45, 7) is 3.63. The van der Waals surface area contributed by atoms with Gasteiger partial charge in [0.1, 0.15) is 0 Å². The summed E-state index contributed by atoms with van der Waals surface area (Å²) in [6, 6.07) is 0. The molecule has 0 unspecified atom stereocenters. The van der Waals surface area contributed by atoms with Crippen LogP contribution in [0.1, 0.15) is 7.43 Å². The molecule has 0 amide bonds. The first-order valence-electron chi connectivity index (χ1n) is 2.26. The fraction of sp³-hybridized carbons (Fsp3) is 0.800. The third kappa shape index (κ3) is 5.43. The summed E-state index contributed by atoms with van der Waals surface area (Å²) in [5, 5.41) is 0. The van der Waals surface area contributed by atoms with Gasteiger partial charge in [0.2, 0.25) is 6.08 Å². The molecule has 0 saturated carbocycles. The van der Waals surface area contributed by atoms with Gasteiger partial charge in [-0.3, -0.25) is 0 Å². The minimum atomic E-state index is -1.98. The summed E-state index contributed by atoms with van der Waals surface area (Å²) in [7, 11) is -0.427. The molecule has 0 bridgehead atoms. The molecular weight excluding hydrogens is 134 g/mol. The zero-order chi connectivity index (χ0) is 6.62. The zero-order valence-corrected chi connectivity index (χ0v) is 6.26. The normalized spacial score (nSPS) is 9.22. The van der Waals surface area contributed by atoms with Gasteiger partial charge in [0.25, 0.3) is 0 Å². The van der Waals surface area contributed by atoms with E-state index in [0.717, 1.165) is 0 Å². The third-order valence-electron chi connectivity index (χ3n) is 0.814. The molecule has 9 heavy (non-hydrogen) atoms. The first kappa shape index (κ1) is 11.4. The van der Waals surface area contributed by atoms with E-state index < -0.39 is 8.48 Å². The Bertz CT molecular complexity index is 118. The summed E-state index contributed by atoms with van der Waals surface area (Å²) in [5.41, 5.74) is 0. The molecule has 0 radical (unpaired) electrons. The van der Waals surface area contributed by atoms with E-state index >= 15 is 0 Å². The number of nitrogens with zero attached hydrogens (tertiary/aromatic N) is 1. The zero-order valence-electron chi connectivity index (χ0n) is 5.26. The minimum Gasteiger partial charge on any atom is -0.401 e. The van der Waals surface area contributed by atoms with E-state index in [2.05, 4.69) is 4.66 Å². The lowest BCUT2D eigenvalue weighted by Gasteiger charge is -2.08. The Labute approximate surface area is 57.0 Å². The first-order chi connectivity index (χ1) is 3.62. The van der Waals surface area contributed by atoms with Crippen molar-refractivity contribution >= 4 is 14.6 Å². The highest BCUT2D eigenvalue weighted by Gasteiger charge is 2.18. The average Bonchev–Trinajstić information content (AvgIpc) is 1.67. The summed E-state index contributed by atoms with van der Waals surface area (Å²) in [6.07, 6.45) is 1.47. The molecule has 3 nitrogen and oxygen atoms in total. The van der Waals surface area contributed by atoms with Gasteiger partial charge in [0, 0.05) is 7.11 Å². The van der Waals surface area contributed by atoms with Crippen molar-refractivity contribution < 1.29 is 9.22 Å². The maximum Gasteiger partial charge on any atom is 0.327 e. The number of hydrogen-bond acceptors (Lipinski definition) is 3. The highest BCUT2D eigenvalue weighted by Crippen LogP contribution is 2.00. The molecule has 0 N–H and O–H groups in total. The second kappa shape index (κ2) is 4.44. The Morgan fingerprint density at radius 2 is 2.00 bits per heavy atom. The van der Waals surface area contributed by atoms with Crippen LogP contribution >= 0.6 is 0 Å². The van der Waals surface area contributed by atoms with Gasteiger partial charge in [-0.25, -0.2) is 9.45 Å². The van der Waals surface area contributed by atoms with E-state index in [-0.39, 0.29) is 7.43 Å². The number of carbonyl (C=O) groups excluding carboxylic acids is 1. The fourth-order valence-corrected chi connectivity index (χ4v) is 0.467. The van der Waals surface area contributed by atoms with E-state index in [9.17, 15) is 4.79 Å². The van der Waals surface area contributed by atoms with Crippen LogP contribution in [0.4, 0.5) is 0 Å².